The molecule has 3 nitrogen and oxygen atoms in total. The Hall–Kier alpha value is -1.74. The predicted octanol–water partition coefficient (Wildman–Crippen LogP) is 2.95. The fraction of sp³-hybridized carbons (Fsp3) is 0.375. The van der Waals surface area contributed by atoms with Gasteiger partial charge in [-0.15, -0.1) is 0 Å². The van der Waals surface area contributed by atoms with E-state index in [1.165, 1.54) is 16.7 Å². The van der Waals surface area contributed by atoms with E-state index in [2.05, 4.69) is 42.2 Å². The molecule has 100 valence electrons. The third-order valence-electron chi connectivity index (χ3n) is 3.28. The van der Waals surface area contributed by atoms with Crippen LogP contribution in [0, 0.1) is 27.7 Å². The molecule has 3 heteroatoms. The quantitative estimate of drug-likeness (QED) is 0.917. The van der Waals surface area contributed by atoms with E-state index in [4.69, 9.17) is 5.73 Å². The fourth-order valence-electron chi connectivity index (χ4n) is 2.50. The summed E-state index contributed by atoms with van der Waals surface area (Å²) in [5.74, 6) is 0. The van der Waals surface area contributed by atoms with Gasteiger partial charge in [-0.3, -0.25) is 0 Å². The van der Waals surface area contributed by atoms with E-state index in [1.54, 1.807) is 0 Å². The molecule has 1 unspecified atom stereocenters. The van der Waals surface area contributed by atoms with Gasteiger partial charge >= 0.3 is 0 Å². The number of nitrogens with zero attached hydrogens (tertiary/aromatic N) is 2. The standard InChI is InChI=1S/C16H21N3/c1-10-5-11(2)7-14(6-10)9-16(17)15-8-12(3)18-19-13(15)4/h5-8,16H,9,17H2,1-4H3. The first-order valence-electron chi connectivity index (χ1n) is 6.59. The third-order valence-corrected chi connectivity index (χ3v) is 3.28. The van der Waals surface area contributed by atoms with Crippen LogP contribution in [0.15, 0.2) is 24.3 Å². The van der Waals surface area contributed by atoms with Crippen molar-refractivity contribution in [2.75, 3.05) is 0 Å². The molecule has 0 saturated heterocycles. The van der Waals surface area contributed by atoms with Gasteiger partial charge in [0.25, 0.3) is 0 Å². The molecular formula is C16H21N3. The number of aromatic nitrogens is 2. The van der Waals surface area contributed by atoms with Crippen LogP contribution in [-0.2, 0) is 6.42 Å². The SMILES string of the molecule is Cc1cc(C)cc(CC(N)c2cc(C)nnc2C)c1. The first-order chi connectivity index (χ1) is 8.95. The highest BCUT2D eigenvalue weighted by Crippen LogP contribution is 2.20. The Balaban J connectivity index is 2.25. The number of aryl methyl sites for hydroxylation is 4. The van der Waals surface area contributed by atoms with Crippen LogP contribution >= 0.6 is 0 Å². The zero-order valence-corrected chi connectivity index (χ0v) is 12.1. The van der Waals surface area contributed by atoms with Gasteiger partial charge in [-0.05, 0) is 51.3 Å². The van der Waals surface area contributed by atoms with Gasteiger partial charge in [0.15, 0.2) is 0 Å². The molecule has 1 aromatic carbocycles. The summed E-state index contributed by atoms with van der Waals surface area (Å²) >= 11 is 0. The lowest BCUT2D eigenvalue weighted by Gasteiger charge is -2.15. The van der Waals surface area contributed by atoms with Gasteiger partial charge < -0.3 is 5.73 Å². The maximum atomic E-state index is 6.33. The highest BCUT2D eigenvalue weighted by molar-refractivity contribution is 5.31. The van der Waals surface area contributed by atoms with Crippen LogP contribution < -0.4 is 5.73 Å². The molecule has 0 bridgehead atoms. The molecule has 2 rings (SSSR count). The minimum absolute atomic E-state index is 0.0320. The smallest absolute Gasteiger partial charge is 0.0648 e. The van der Waals surface area contributed by atoms with Crippen molar-refractivity contribution in [3.05, 3.63) is 57.9 Å². The second-order valence-corrected chi connectivity index (χ2v) is 5.33. The van der Waals surface area contributed by atoms with E-state index in [0.717, 1.165) is 23.4 Å². The van der Waals surface area contributed by atoms with Crippen LogP contribution in [0.2, 0.25) is 0 Å². The Labute approximate surface area is 114 Å². The molecule has 1 heterocycles. The summed E-state index contributed by atoms with van der Waals surface area (Å²) in [5, 5.41) is 8.20. The van der Waals surface area contributed by atoms with Crippen molar-refractivity contribution in [1.82, 2.24) is 10.2 Å². The summed E-state index contributed by atoms with van der Waals surface area (Å²) in [6, 6.07) is 8.58. The van der Waals surface area contributed by atoms with Gasteiger partial charge in [-0.2, -0.15) is 10.2 Å². The highest BCUT2D eigenvalue weighted by atomic mass is 15.1. The van der Waals surface area contributed by atoms with Crippen molar-refractivity contribution in [3.63, 3.8) is 0 Å². The van der Waals surface area contributed by atoms with Gasteiger partial charge in [-0.25, -0.2) is 0 Å². The lowest BCUT2D eigenvalue weighted by Crippen LogP contribution is -2.16. The van der Waals surface area contributed by atoms with Crippen molar-refractivity contribution >= 4 is 0 Å². The molecule has 0 saturated carbocycles. The van der Waals surface area contributed by atoms with Crippen LogP contribution in [0.5, 0.6) is 0 Å². The average Bonchev–Trinajstić information content (AvgIpc) is 2.30. The first kappa shape index (κ1) is 13.7. The van der Waals surface area contributed by atoms with Gasteiger partial charge in [0.1, 0.15) is 0 Å². The normalized spacial score (nSPS) is 12.5. The number of nitrogens with two attached hydrogens (primary N) is 1. The Kier molecular flexibility index (Phi) is 3.96. The second-order valence-electron chi connectivity index (χ2n) is 5.33. The van der Waals surface area contributed by atoms with E-state index in [0.29, 0.717) is 0 Å². The summed E-state index contributed by atoms with van der Waals surface area (Å²) in [5.41, 5.74) is 13.1. The van der Waals surface area contributed by atoms with Gasteiger partial charge in [0.05, 0.1) is 11.4 Å². The summed E-state index contributed by atoms with van der Waals surface area (Å²) < 4.78 is 0. The van der Waals surface area contributed by atoms with Crippen LogP contribution in [0.1, 0.15) is 39.7 Å². The topological polar surface area (TPSA) is 51.8 Å². The maximum Gasteiger partial charge on any atom is 0.0648 e. The van der Waals surface area contributed by atoms with Crippen LogP contribution in [0.25, 0.3) is 0 Å². The van der Waals surface area contributed by atoms with E-state index < -0.39 is 0 Å². The molecule has 2 aromatic rings. The highest BCUT2D eigenvalue weighted by Gasteiger charge is 2.12. The summed E-state index contributed by atoms with van der Waals surface area (Å²) in [6.45, 7) is 8.14. The van der Waals surface area contributed by atoms with E-state index in [-0.39, 0.29) is 6.04 Å². The largest absolute Gasteiger partial charge is 0.324 e. The number of rotatable bonds is 3. The molecule has 0 radical (unpaired) electrons. The molecular weight excluding hydrogens is 234 g/mol. The number of benzene rings is 1. The molecule has 19 heavy (non-hydrogen) atoms. The van der Waals surface area contributed by atoms with E-state index in [9.17, 15) is 0 Å². The zero-order chi connectivity index (χ0) is 14.0. The Morgan fingerprint density at radius 2 is 1.58 bits per heavy atom. The predicted molar refractivity (Wildman–Crippen MR) is 78.1 cm³/mol. The second kappa shape index (κ2) is 5.49. The molecule has 0 aliphatic rings. The summed E-state index contributed by atoms with van der Waals surface area (Å²) in [6.07, 6.45) is 0.828. The number of hydrogen-bond donors (Lipinski definition) is 1. The fourth-order valence-corrected chi connectivity index (χ4v) is 2.50. The molecule has 0 spiro atoms. The Morgan fingerprint density at radius 1 is 0.947 bits per heavy atom. The average molecular weight is 255 g/mol. The lowest BCUT2D eigenvalue weighted by molar-refractivity contribution is 0.699. The first-order valence-corrected chi connectivity index (χ1v) is 6.59. The summed E-state index contributed by atoms with van der Waals surface area (Å²) in [7, 11) is 0. The van der Waals surface area contributed by atoms with Crippen LogP contribution in [0.4, 0.5) is 0 Å². The summed E-state index contributed by atoms with van der Waals surface area (Å²) in [4.78, 5) is 0. The molecule has 1 atom stereocenters. The molecule has 0 aliphatic heterocycles. The molecule has 0 aliphatic carbocycles. The van der Waals surface area contributed by atoms with Crippen molar-refractivity contribution in [1.29, 1.82) is 0 Å². The van der Waals surface area contributed by atoms with Crippen molar-refractivity contribution in [2.24, 2.45) is 5.73 Å². The lowest BCUT2D eigenvalue weighted by atomic mass is 9.96. The maximum absolute atomic E-state index is 6.33. The molecule has 0 amide bonds. The van der Waals surface area contributed by atoms with Crippen molar-refractivity contribution < 1.29 is 0 Å². The monoisotopic (exact) mass is 255 g/mol. The molecule has 1 aromatic heterocycles. The Bertz CT molecular complexity index is 570. The molecule has 0 fully saturated rings. The molecule has 2 N–H and O–H groups in total. The van der Waals surface area contributed by atoms with Crippen LogP contribution in [0.3, 0.4) is 0 Å². The van der Waals surface area contributed by atoms with Crippen LogP contribution in [-0.4, -0.2) is 10.2 Å². The van der Waals surface area contributed by atoms with Gasteiger partial charge in [0, 0.05) is 6.04 Å². The van der Waals surface area contributed by atoms with E-state index >= 15 is 0 Å². The number of hydrogen-bond acceptors (Lipinski definition) is 3. The van der Waals surface area contributed by atoms with Gasteiger partial charge in [0.2, 0.25) is 0 Å². The minimum Gasteiger partial charge on any atom is -0.324 e. The van der Waals surface area contributed by atoms with Crippen molar-refractivity contribution in [2.45, 2.75) is 40.2 Å². The zero-order valence-electron chi connectivity index (χ0n) is 12.1. The van der Waals surface area contributed by atoms with Crippen molar-refractivity contribution in [3.8, 4) is 0 Å². The van der Waals surface area contributed by atoms with Gasteiger partial charge in [-0.1, -0.05) is 29.3 Å². The minimum atomic E-state index is -0.0320. The third kappa shape index (κ3) is 3.38. The van der Waals surface area contributed by atoms with E-state index in [1.807, 2.05) is 19.9 Å². The Morgan fingerprint density at radius 3 is 2.21 bits per heavy atom.